The molecule has 3 N–H and O–H groups in total. The number of anilines is 3. The van der Waals surface area contributed by atoms with E-state index in [0.29, 0.717) is 35.9 Å². The van der Waals surface area contributed by atoms with E-state index in [-0.39, 0.29) is 11.8 Å². The van der Waals surface area contributed by atoms with E-state index in [9.17, 15) is 14.7 Å². The van der Waals surface area contributed by atoms with Crippen molar-refractivity contribution in [3.63, 3.8) is 0 Å². The van der Waals surface area contributed by atoms with Crippen LogP contribution in [0.15, 0.2) is 28.8 Å². The van der Waals surface area contributed by atoms with Crippen LogP contribution in [0.4, 0.5) is 22.0 Å². The second kappa shape index (κ2) is 8.96. The third-order valence-electron chi connectivity index (χ3n) is 7.65. The van der Waals surface area contributed by atoms with Crippen LogP contribution in [0.1, 0.15) is 63.2 Å². The molecule has 1 aromatic carbocycles. The number of carboxylic acid groups (broad SMARTS) is 1. The first-order valence-corrected chi connectivity index (χ1v) is 12.4. The van der Waals surface area contributed by atoms with Gasteiger partial charge in [0.2, 0.25) is 0 Å². The van der Waals surface area contributed by atoms with Crippen LogP contribution in [0.2, 0.25) is 0 Å². The summed E-state index contributed by atoms with van der Waals surface area (Å²) in [6.07, 6.45) is 5.75. The molecule has 2 aromatic rings. The lowest BCUT2D eigenvalue weighted by Crippen LogP contribution is -2.42. The Kier molecular flexibility index (Phi) is 6.00. The second-order valence-corrected chi connectivity index (χ2v) is 10.8. The van der Waals surface area contributed by atoms with Crippen molar-refractivity contribution >= 4 is 29.2 Å². The first kappa shape index (κ1) is 22.7. The second-order valence-electron chi connectivity index (χ2n) is 10.8. The summed E-state index contributed by atoms with van der Waals surface area (Å²) in [6.45, 7) is 7.13. The molecule has 1 unspecified atom stereocenters. The van der Waals surface area contributed by atoms with Gasteiger partial charge in [0, 0.05) is 18.7 Å². The van der Waals surface area contributed by atoms with E-state index >= 15 is 0 Å². The predicted octanol–water partition coefficient (Wildman–Crippen LogP) is 5.47. The molecular weight excluding hydrogens is 432 g/mol. The highest BCUT2D eigenvalue weighted by atomic mass is 16.5. The van der Waals surface area contributed by atoms with Gasteiger partial charge in [-0.3, -0.25) is 10.1 Å². The van der Waals surface area contributed by atoms with Gasteiger partial charge in [-0.1, -0.05) is 31.5 Å². The van der Waals surface area contributed by atoms with E-state index < -0.39 is 12.0 Å². The molecule has 3 saturated carbocycles. The van der Waals surface area contributed by atoms with Crippen LogP contribution in [-0.4, -0.2) is 34.9 Å². The number of carboxylic acids is 1. The third-order valence-corrected chi connectivity index (χ3v) is 7.65. The minimum Gasteiger partial charge on any atom is -0.481 e. The minimum atomic E-state index is -0.758. The van der Waals surface area contributed by atoms with Crippen LogP contribution < -0.4 is 15.5 Å². The SMILES string of the molecule is Cc1cc(NC(=O)Nc2cc([C@H]3CC3C(=O)O)ccc2N(CC(C)C)[C@@H]2C[C@H]3CC[C@@H]2C3)no1. The Morgan fingerprint density at radius 3 is 2.59 bits per heavy atom. The standard InChI is InChI=1S/C26H34N4O4/c1-14(2)13-30(23-10-16-4-5-18(23)9-16)22-7-6-17(19-12-20(19)25(31)32)11-21(22)27-26(33)28-24-8-15(3)34-29-24/h6-8,11,14,16,18-20,23H,4-5,9-10,12-13H2,1-3H3,(H,31,32)(H2,27,28,29,33)/t16-,18+,19+,20?,23+/m0/s1. The van der Waals surface area contributed by atoms with Crippen molar-refractivity contribution in [1.29, 1.82) is 0 Å². The first-order chi connectivity index (χ1) is 16.3. The Hall–Kier alpha value is -3.03. The molecule has 34 heavy (non-hydrogen) atoms. The number of urea groups is 1. The zero-order valence-corrected chi connectivity index (χ0v) is 20.1. The summed E-state index contributed by atoms with van der Waals surface area (Å²) >= 11 is 0. The average Bonchev–Trinajstić information content (AvgIpc) is 3.05. The van der Waals surface area contributed by atoms with Gasteiger partial charge in [0.1, 0.15) is 5.76 Å². The summed E-state index contributed by atoms with van der Waals surface area (Å²) in [5.41, 5.74) is 2.69. The van der Waals surface area contributed by atoms with Crippen LogP contribution in [0.5, 0.6) is 0 Å². The molecule has 3 aliphatic rings. The van der Waals surface area contributed by atoms with Crippen molar-refractivity contribution in [1.82, 2.24) is 5.16 Å². The maximum absolute atomic E-state index is 12.9. The Labute approximate surface area is 200 Å². The lowest BCUT2D eigenvalue weighted by molar-refractivity contribution is -0.138. The van der Waals surface area contributed by atoms with Crippen LogP contribution in [0, 0.1) is 30.6 Å². The molecule has 0 spiro atoms. The molecule has 2 amide bonds. The highest BCUT2D eigenvalue weighted by molar-refractivity contribution is 6.01. The van der Waals surface area contributed by atoms with Gasteiger partial charge in [-0.2, -0.15) is 0 Å². The lowest BCUT2D eigenvalue weighted by atomic mass is 9.92. The number of benzene rings is 1. The number of aryl methyl sites for hydroxylation is 1. The molecule has 0 aliphatic heterocycles. The Bertz CT molecular complexity index is 1080. The highest BCUT2D eigenvalue weighted by Crippen LogP contribution is 2.51. The predicted molar refractivity (Wildman–Crippen MR) is 130 cm³/mol. The Balaban J connectivity index is 1.45. The zero-order chi connectivity index (χ0) is 24.0. The maximum atomic E-state index is 12.9. The molecule has 0 radical (unpaired) electrons. The van der Waals surface area contributed by atoms with Crippen LogP contribution in [-0.2, 0) is 4.79 Å². The summed E-state index contributed by atoms with van der Waals surface area (Å²) in [4.78, 5) is 26.8. The molecule has 3 fully saturated rings. The fourth-order valence-electron chi connectivity index (χ4n) is 6.07. The lowest BCUT2D eigenvalue weighted by Gasteiger charge is -2.39. The van der Waals surface area contributed by atoms with E-state index in [1.54, 1.807) is 13.0 Å². The quantitative estimate of drug-likeness (QED) is 0.476. The average molecular weight is 467 g/mol. The number of nitrogens with zero attached hydrogens (tertiary/aromatic N) is 2. The van der Waals surface area contributed by atoms with Crippen molar-refractivity contribution < 1.29 is 19.2 Å². The number of hydrogen-bond donors (Lipinski definition) is 3. The van der Waals surface area contributed by atoms with Gasteiger partial charge >= 0.3 is 12.0 Å². The molecule has 8 nitrogen and oxygen atoms in total. The normalized spacial score (nSPS) is 27.1. The molecular formula is C26H34N4O4. The van der Waals surface area contributed by atoms with Crippen molar-refractivity contribution in [2.75, 3.05) is 22.1 Å². The zero-order valence-electron chi connectivity index (χ0n) is 20.1. The molecule has 0 saturated heterocycles. The van der Waals surface area contributed by atoms with E-state index in [1.807, 2.05) is 12.1 Å². The number of carbonyl (C=O) groups excluding carboxylic acids is 1. The maximum Gasteiger partial charge on any atom is 0.325 e. The summed E-state index contributed by atoms with van der Waals surface area (Å²) in [7, 11) is 0. The van der Waals surface area contributed by atoms with Gasteiger partial charge in [0.15, 0.2) is 5.82 Å². The monoisotopic (exact) mass is 466 g/mol. The van der Waals surface area contributed by atoms with Crippen molar-refractivity contribution in [3.05, 3.63) is 35.6 Å². The van der Waals surface area contributed by atoms with E-state index in [2.05, 4.69) is 40.6 Å². The van der Waals surface area contributed by atoms with E-state index in [0.717, 1.165) is 29.4 Å². The molecule has 3 aliphatic carbocycles. The van der Waals surface area contributed by atoms with Crippen molar-refractivity contribution in [2.45, 2.75) is 64.8 Å². The van der Waals surface area contributed by atoms with Crippen molar-refractivity contribution in [3.8, 4) is 0 Å². The van der Waals surface area contributed by atoms with Gasteiger partial charge in [-0.05, 0) is 74.0 Å². The first-order valence-electron chi connectivity index (χ1n) is 12.4. The molecule has 8 heteroatoms. The van der Waals surface area contributed by atoms with Gasteiger partial charge < -0.3 is 19.8 Å². The Morgan fingerprint density at radius 2 is 2.00 bits per heavy atom. The van der Waals surface area contributed by atoms with Gasteiger partial charge in [-0.25, -0.2) is 4.79 Å². The number of fused-ring (bicyclic) bond motifs is 2. The molecule has 1 heterocycles. The van der Waals surface area contributed by atoms with Crippen LogP contribution in [0.3, 0.4) is 0 Å². The molecule has 5 atom stereocenters. The summed E-state index contributed by atoms with van der Waals surface area (Å²) < 4.78 is 5.05. The molecule has 5 rings (SSSR count). The summed E-state index contributed by atoms with van der Waals surface area (Å²) in [5, 5.41) is 19.0. The van der Waals surface area contributed by atoms with Crippen LogP contribution in [0.25, 0.3) is 0 Å². The topological polar surface area (TPSA) is 108 Å². The number of nitrogens with one attached hydrogen (secondary N) is 2. The van der Waals surface area contributed by atoms with Gasteiger partial charge in [0.05, 0.1) is 17.3 Å². The number of rotatable bonds is 8. The summed E-state index contributed by atoms with van der Waals surface area (Å²) in [6, 6.07) is 7.84. The van der Waals surface area contributed by atoms with E-state index in [1.165, 1.54) is 25.7 Å². The molecule has 2 bridgehead atoms. The van der Waals surface area contributed by atoms with Crippen molar-refractivity contribution in [2.24, 2.45) is 23.7 Å². The number of amides is 2. The summed E-state index contributed by atoms with van der Waals surface area (Å²) in [5.74, 6) is 1.84. The smallest absolute Gasteiger partial charge is 0.325 e. The van der Waals surface area contributed by atoms with E-state index in [4.69, 9.17) is 4.52 Å². The highest BCUT2D eigenvalue weighted by Gasteiger charge is 2.45. The Morgan fingerprint density at radius 1 is 1.18 bits per heavy atom. The fraction of sp³-hybridized carbons (Fsp3) is 0.577. The van der Waals surface area contributed by atoms with Crippen LogP contribution >= 0.6 is 0 Å². The molecule has 182 valence electrons. The largest absolute Gasteiger partial charge is 0.481 e. The van der Waals surface area contributed by atoms with Gasteiger partial charge in [-0.15, -0.1) is 0 Å². The third kappa shape index (κ3) is 4.63. The number of aromatic nitrogens is 1. The molecule has 1 aromatic heterocycles. The number of carbonyl (C=O) groups is 2. The fourth-order valence-corrected chi connectivity index (χ4v) is 6.07. The van der Waals surface area contributed by atoms with Gasteiger partial charge in [0.25, 0.3) is 0 Å². The number of hydrogen-bond acceptors (Lipinski definition) is 5. The minimum absolute atomic E-state index is 0.00519. The number of aliphatic carboxylic acids is 1.